The fourth-order valence-corrected chi connectivity index (χ4v) is 2.23. The molecule has 0 atom stereocenters. The van der Waals surface area contributed by atoms with Gasteiger partial charge in [0.15, 0.2) is 5.78 Å². The average Bonchev–Trinajstić information content (AvgIpc) is 2.45. The largest absolute Gasteiger partial charge is 0.416 e. The Morgan fingerprint density at radius 2 is 1.43 bits per heavy atom. The zero-order valence-corrected chi connectivity index (χ0v) is 12.5. The number of ketones is 1. The van der Waals surface area contributed by atoms with Crippen molar-refractivity contribution in [1.82, 2.24) is 0 Å². The van der Waals surface area contributed by atoms with Crippen molar-refractivity contribution in [2.45, 2.75) is 64.5 Å². The fourth-order valence-electron chi connectivity index (χ4n) is 2.23. The van der Waals surface area contributed by atoms with Crippen LogP contribution in [-0.2, 0) is 6.18 Å². The van der Waals surface area contributed by atoms with E-state index in [0.29, 0.717) is 12.0 Å². The number of halogens is 3. The summed E-state index contributed by atoms with van der Waals surface area (Å²) in [4.78, 5) is 11.9. The van der Waals surface area contributed by atoms with Crippen molar-refractivity contribution in [2.24, 2.45) is 0 Å². The lowest BCUT2D eigenvalue weighted by molar-refractivity contribution is -0.137. The average molecular weight is 300 g/mol. The highest BCUT2D eigenvalue weighted by Gasteiger charge is 2.30. The summed E-state index contributed by atoms with van der Waals surface area (Å²) in [6.45, 7) is 2.17. The lowest BCUT2D eigenvalue weighted by Crippen LogP contribution is -2.06. The van der Waals surface area contributed by atoms with E-state index in [-0.39, 0.29) is 5.78 Å². The molecule has 0 saturated carbocycles. The van der Waals surface area contributed by atoms with Crippen LogP contribution in [0.4, 0.5) is 13.2 Å². The second-order valence-electron chi connectivity index (χ2n) is 5.37. The molecular weight excluding hydrogens is 277 g/mol. The number of alkyl halides is 3. The Labute approximate surface area is 124 Å². The van der Waals surface area contributed by atoms with Crippen LogP contribution < -0.4 is 0 Å². The van der Waals surface area contributed by atoms with Crippen LogP contribution >= 0.6 is 0 Å². The lowest BCUT2D eigenvalue weighted by Gasteiger charge is -2.07. The van der Waals surface area contributed by atoms with Crippen LogP contribution in [0.25, 0.3) is 0 Å². The summed E-state index contributed by atoms with van der Waals surface area (Å²) in [6.07, 6.45) is 3.92. The molecule has 1 aromatic carbocycles. The Morgan fingerprint density at radius 1 is 0.905 bits per heavy atom. The van der Waals surface area contributed by atoms with Gasteiger partial charge in [-0.2, -0.15) is 13.2 Å². The lowest BCUT2D eigenvalue weighted by atomic mass is 10.0. The van der Waals surface area contributed by atoms with E-state index in [1.165, 1.54) is 37.8 Å². The van der Waals surface area contributed by atoms with E-state index in [9.17, 15) is 18.0 Å². The van der Waals surface area contributed by atoms with Crippen LogP contribution in [0.3, 0.4) is 0 Å². The first kappa shape index (κ1) is 17.7. The van der Waals surface area contributed by atoms with Gasteiger partial charge in [-0.1, -0.05) is 57.6 Å². The fraction of sp³-hybridized carbons (Fsp3) is 0.588. The van der Waals surface area contributed by atoms with Crippen molar-refractivity contribution in [2.75, 3.05) is 0 Å². The molecule has 4 heteroatoms. The van der Waals surface area contributed by atoms with Gasteiger partial charge in [-0.3, -0.25) is 4.79 Å². The van der Waals surface area contributed by atoms with E-state index in [0.717, 1.165) is 31.4 Å². The first-order chi connectivity index (χ1) is 9.95. The summed E-state index contributed by atoms with van der Waals surface area (Å²) in [5.41, 5.74) is -0.344. The summed E-state index contributed by atoms with van der Waals surface area (Å²) >= 11 is 0. The van der Waals surface area contributed by atoms with Gasteiger partial charge in [0.1, 0.15) is 0 Å². The quantitative estimate of drug-likeness (QED) is 0.402. The molecule has 0 fully saturated rings. The molecule has 0 bridgehead atoms. The molecule has 0 N–H and O–H groups in total. The monoisotopic (exact) mass is 300 g/mol. The van der Waals surface area contributed by atoms with Gasteiger partial charge in [0.2, 0.25) is 0 Å². The minimum absolute atomic E-state index is 0.0720. The van der Waals surface area contributed by atoms with Crippen molar-refractivity contribution in [1.29, 1.82) is 0 Å². The Morgan fingerprint density at radius 3 is 1.95 bits per heavy atom. The topological polar surface area (TPSA) is 17.1 Å². The molecule has 0 radical (unpaired) electrons. The summed E-state index contributed by atoms with van der Waals surface area (Å²) in [5.74, 6) is -0.0720. The third kappa shape index (κ3) is 6.78. The number of carbonyl (C=O) groups excluding carboxylic acids is 1. The molecule has 0 amide bonds. The number of Topliss-reactive ketones (excluding diaryl/α,β-unsaturated/α-hetero) is 1. The van der Waals surface area contributed by atoms with Crippen molar-refractivity contribution in [3.05, 3.63) is 35.4 Å². The first-order valence-corrected chi connectivity index (χ1v) is 7.65. The van der Waals surface area contributed by atoms with Gasteiger partial charge in [-0.25, -0.2) is 0 Å². The molecule has 0 aromatic heterocycles. The van der Waals surface area contributed by atoms with Gasteiger partial charge in [-0.05, 0) is 18.6 Å². The van der Waals surface area contributed by atoms with Crippen molar-refractivity contribution < 1.29 is 18.0 Å². The Balaban J connectivity index is 2.29. The van der Waals surface area contributed by atoms with E-state index >= 15 is 0 Å². The smallest absolute Gasteiger partial charge is 0.294 e. The van der Waals surface area contributed by atoms with Gasteiger partial charge in [-0.15, -0.1) is 0 Å². The zero-order chi connectivity index (χ0) is 15.7. The highest BCUT2D eigenvalue weighted by molar-refractivity contribution is 5.96. The SMILES string of the molecule is CCCCCCCCCC(=O)c1ccc(C(F)(F)F)cc1. The molecule has 0 saturated heterocycles. The van der Waals surface area contributed by atoms with Crippen molar-refractivity contribution >= 4 is 5.78 Å². The molecule has 0 aliphatic rings. The molecule has 0 unspecified atom stereocenters. The van der Waals surface area contributed by atoms with E-state index in [4.69, 9.17) is 0 Å². The minimum Gasteiger partial charge on any atom is -0.294 e. The molecule has 1 nitrogen and oxygen atoms in total. The summed E-state index contributed by atoms with van der Waals surface area (Å²) in [5, 5.41) is 0. The third-order valence-electron chi connectivity index (χ3n) is 3.54. The minimum atomic E-state index is -4.35. The predicted octanol–water partition coefficient (Wildman–Crippen LogP) is 6.03. The van der Waals surface area contributed by atoms with Gasteiger partial charge in [0.25, 0.3) is 0 Å². The van der Waals surface area contributed by atoms with Gasteiger partial charge >= 0.3 is 6.18 Å². The van der Waals surface area contributed by atoms with E-state index in [1.807, 2.05) is 0 Å². The molecule has 0 heterocycles. The van der Waals surface area contributed by atoms with E-state index in [1.54, 1.807) is 0 Å². The number of rotatable bonds is 9. The molecule has 0 spiro atoms. The Hall–Kier alpha value is -1.32. The maximum atomic E-state index is 12.4. The molecule has 118 valence electrons. The van der Waals surface area contributed by atoms with Crippen LogP contribution in [0.2, 0.25) is 0 Å². The highest BCUT2D eigenvalue weighted by Crippen LogP contribution is 2.29. The van der Waals surface area contributed by atoms with Crippen LogP contribution in [0.15, 0.2) is 24.3 Å². The molecule has 1 aromatic rings. The third-order valence-corrected chi connectivity index (χ3v) is 3.54. The normalized spacial score (nSPS) is 11.6. The number of hydrogen-bond acceptors (Lipinski definition) is 1. The number of benzene rings is 1. The van der Waals surface area contributed by atoms with Gasteiger partial charge in [0, 0.05) is 12.0 Å². The number of carbonyl (C=O) groups is 1. The summed E-state index contributed by atoms with van der Waals surface area (Å²) in [6, 6.07) is 4.48. The summed E-state index contributed by atoms with van der Waals surface area (Å²) < 4.78 is 37.2. The zero-order valence-electron chi connectivity index (χ0n) is 12.5. The maximum Gasteiger partial charge on any atom is 0.416 e. The predicted molar refractivity (Wildman–Crippen MR) is 78.4 cm³/mol. The van der Waals surface area contributed by atoms with E-state index < -0.39 is 11.7 Å². The Kier molecular flexibility index (Phi) is 7.48. The maximum absolute atomic E-state index is 12.4. The second-order valence-corrected chi connectivity index (χ2v) is 5.37. The first-order valence-electron chi connectivity index (χ1n) is 7.65. The molecule has 21 heavy (non-hydrogen) atoms. The van der Waals surface area contributed by atoms with Crippen LogP contribution in [0, 0.1) is 0 Å². The van der Waals surface area contributed by atoms with Crippen LogP contribution in [-0.4, -0.2) is 5.78 Å². The second kappa shape index (κ2) is 8.85. The molecule has 0 aliphatic heterocycles. The molecule has 0 aliphatic carbocycles. The molecular formula is C17H23F3O. The van der Waals surface area contributed by atoms with Crippen LogP contribution in [0.5, 0.6) is 0 Å². The van der Waals surface area contributed by atoms with E-state index in [2.05, 4.69) is 6.92 Å². The summed E-state index contributed by atoms with van der Waals surface area (Å²) in [7, 11) is 0. The van der Waals surface area contributed by atoms with Gasteiger partial charge in [0.05, 0.1) is 5.56 Å². The Bertz CT molecular complexity index is 421. The highest BCUT2D eigenvalue weighted by atomic mass is 19.4. The van der Waals surface area contributed by atoms with Crippen molar-refractivity contribution in [3.8, 4) is 0 Å². The van der Waals surface area contributed by atoms with Crippen molar-refractivity contribution in [3.63, 3.8) is 0 Å². The van der Waals surface area contributed by atoms with Gasteiger partial charge < -0.3 is 0 Å². The van der Waals surface area contributed by atoms with Crippen LogP contribution in [0.1, 0.15) is 74.2 Å². The number of unbranched alkanes of at least 4 members (excludes halogenated alkanes) is 6. The molecule has 1 rings (SSSR count). The number of hydrogen-bond donors (Lipinski definition) is 0. The standard InChI is InChI=1S/C17H23F3O/c1-2-3-4-5-6-7-8-9-16(21)14-10-12-15(13-11-14)17(18,19)20/h10-13H,2-9H2,1H3.